The highest BCUT2D eigenvalue weighted by Gasteiger charge is 2.55. The zero-order valence-electron chi connectivity index (χ0n) is 7.66. The Morgan fingerprint density at radius 3 is 2.23 bits per heavy atom. The Bertz CT molecular complexity index is 272. The van der Waals surface area contributed by atoms with Crippen molar-refractivity contribution in [2.75, 3.05) is 7.05 Å². The lowest BCUT2D eigenvalue weighted by atomic mass is 9.90. The Morgan fingerprint density at radius 2 is 1.77 bits per heavy atom. The van der Waals surface area contributed by atoms with Gasteiger partial charge in [-0.25, -0.2) is 4.79 Å². The van der Waals surface area contributed by atoms with Crippen molar-refractivity contribution in [2.45, 2.75) is 25.2 Å². The molecule has 0 aromatic heterocycles. The molecule has 0 aliphatic carbocycles. The van der Waals surface area contributed by atoms with Crippen LogP contribution in [0.25, 0.3) is 0 Å². The van der Waals surface area contributed by atoms with Gasteiger partial charge in [-0.2, -0.15) is 0 Å². The Morgan fingerprint density at radius 1 is 1.31 bits per heavy atom. The minimum atomic E-state index is -2.00. The molecule has 0 saturated carbocycles. The standard InChI is InChI=1S/C7H12N2O4/c1-6(12)4(10)9(3)5(11)8-7(6,2)13/h12-13H,1-3H3,(H,8,11). The second-order valence-electron chi connectivity index (χ2n) is 3.44. The number of urea groups is 1. The molecule has 1 fully saturated rings. The number of imide groups is 1. The summed E-state index contributed by atoms with van der Waals surface area (Å²) in [5.74, 6) is -0.832. The molecule has 6 nitrogen and oxygen atoms in total. The molecular weight excluding hydrogens is 176 g/mol. The first kappa shape index (κ1) is 9.94. The molecule has 2 atom stereocenters. The van der Waals surface area contributed by atoms with Crippen molar-refractivity contribution < 1.29 is 19.8 Å². The third-order valence-electron chi connectivity index (χ3n) is 2.32. The summed E-state index contributed by atoms with van der Waals surface area (Å²) in [6.07, 6.45) is 0. The van der Waals surface area contributed by atoms with Crippen LogP contribution in [0.5, 0.6) is 0 Å². The number of nitrogens with one attached hydrogen (secondary N) is 1. The van der Waals surface area contributed by atoms with Gasteiger partial charge in [0.2, 0.25) is 0 Å². The minimum absolute atomic E-state index is 0.720. The molecule has 2 unspecified atom stereocenters. The van der Waals surface area contributed by atoms with Crippen LogP contribution in [0.4, 0.5) is 4.79 Å². The first-order chi connectivity index (χ1) is 5.70. The molecule has 3 amide bonds. The van der Waals surface area contributed by atoms with Crippen LogP contribution >= 0.6 is 0 Å². The lowest BCUT2D eigenvalue weighted by Gasteiger charge is -2.43. The van der Waals surface area contributed by atoms with Gasteiger partial charge >= 0.3 is 6.03 Å². The molecule has 0 aromatic carbocycles. The summed E-state index contributed by atoms with van der Waals surface area (Å²) in [6, 6.07) is -0.735. The third-order valence-corrected chi connectivity index (χ3v) is 2.32. The number of hydrogen-bond acceptors (Lipinski definition) is 4. The maximum Gasteiger partial charge on any atom is 0.326 e. The Labute approximate surface area is 75.1 Å². The summed E-state index contributed by atoms with van der Waals surface area (Å²) in [5.41, 5.74) is -3.94. The largest absolute Gasteiger partial charge is 0.376 e. The van der Waals surface area contributed by atoms with Gasteiger partial charge in [0.25, 0.3) is 5.91 Å². The van der Waals surface area contributed by atoms with Crippen molar-refractivity contribution in [3.05, 3.63) is 0 Å². The predicted molar refractivity (Wildman–Crippen MR) is 42.5 cm³/mol. The van der Waals surface area contributed by atoms with Crippen LogP contribution in [0.2, 0.25) is 0 Å². The first-order valence-corrected chi connectivity index (χ1v) is 3.75. The maximum atomic E-state index is 11.3. The Kier molecular flexibility index (Phi) is 1.86. The fourth-order valence-electron chi connectivity index (χ4n) is 1.04. The van der Waals surface area contributed by atoms with E-state index in [1.54, 1.807) is 0 Å². The van der Waals surface area contributed by atoms with E-state index in [-0.39, 0.29) is 0 Å². The van der Waals surface area contributed by atoms with Gasteiger partial charge in [-0.1, -0.05) is 0 Å². The molecule has 1 saturated heterocycles. The van der Waals surface area contributed by atoms with E-state index in [1.807, 2.05) is 0 Å². The zero-order valence-corrected chi connectivity index (χ0v) is 7.66. The minimum Gasteiger partial charge on any atom is -0.376 e. The molecule has 1 rings (SSSR count). The molecule has 1 aliphatic heterocycles. The van der Waals surface area contributed by atoms with Crippen molar-refractivity contribution in [2.24, 2.45) is 0 Å². The SMILES string of the molecule is CN1C(=O)NC(C)(O)C(C)(O)C1=O. The molecule has 3 N–H and O–H groups in total. The zero-order chi connectivity index (χ0) is 10.4. The van der Waals surface area contributed by atoms with E-state index >= 15 is 0 Å². The molecule has 1 heterocycles. The first-order valence-electron chi connectivity index (χ1n) is 3.75. The lowest BCUT2D eigenvalue weighted by Crippen LogP contribution is -2.74. The monoisotopic (exact) mass is 188 g/mol. The van der Waals surface area contributed by atoms with Crippen molar-refractivity contribution >= 4 is 11.9 Å². The van der Waals surface area contributed by atoms with Crippen LogP contribution in [0.15, 0.2) is 0 Å². The van der Waals surface area contributed by atoms with E-state index in [0.29, 0.717) is 0 Å². The highest BCUT2D eigenvalue weighted by molar-refractivity contribution is 6.02. The van der Waals surface area contributed by atoms with Gasteiger partial charge in [0.15, 0.2) is 11.3 Å². The molecule has 74 valence electrons. The smallest absolute Gasteiger partial charge is 0.326 e. The molecule has 1 aliphatic rings. The average molecular weight is 188 g/mol. The van der Waals surface area contributed by atoms with Crippen molar-refractivity contribution in [1.29, 1.82) is 0 Å². The van der Waals surface area contributed by atoms with Gasteiger partial charge in [-0.15, -0.1) is 0 Å². The second-order valence-corrected chi connectivity index (χ2v) is 3.44. The predicted octanol–water partition coefficient (Wildman–Crippen LogP) is -1.37. The number of aliphatic hydroxyl groups is 2. The van der Waals surface area contributed by atoms with E-state index < -0.39 is 23.3 Å². The highest BCUT2D eigenvalue weighted by atomic mass is 16.4. The third kappa shape index (κ3) is 1.18. The summed E-state index contributed by atoms with van der Waals surface area (Å²) >= 11 is 0. The van der Waals surface area contributed by atoms with E-state index in [2.05, 4.69) is 5.32 Å². The molecular formula is C7H12N2O4. The van der Waals surface area contributed by atoms with E-state index in [4.69, 9.17) is 0 Å². The van der Waals surface area contributed by atoms with Crippen molar-refractivity contribution in [3.8, 4) is 0 Å². The van der Waals surface area contributed by atoms with Crippen LogP contribution in [-0.2, 0) is 4.79 Å². The summed E-state index contributed by atoms with van der Waals surface area (Å²) < 4.78 is 0. The Hall–Kier alpha value is -1.14. The topological polar surface area (TPSA) is 89.9 Å². The van der Waals surface area contributed by atoms with Gasteiger partial charge in [0.05, 0.1) is 0 Å². The fourth-order valence-corrected chi connectivity index (χ4v) is 1.04. The van der Waals surface area contributed by atoms with Crippen LogP contribution in [0, 0.1) is 0 Å². The number of carbonyl (C=O) groups excluding carboxylic acids is 2. The van der Waals surface area contributed by atoms with Crippen LogP contribution < -0.4 is 5.32 Å². The summed E-state index contributed by atoms with van der Waals surface area (Å²) in [7, 11) is 1.22. The lowest BCUT2D eigenvalue weighted by molar-refractivity contribution is -0.186. The van der Waals surface area contributed by atoms with E-state index in [9.17, 15) is 19.8 Å². The molecule has 13 heavy (non-hydrogen) atoms. The number of carbonyl (C=O) groups is 2. The number of hydrogen-bond donors (Lipinski definition) is 3. The second kappa shape index (κ2) is 2.43. The van der Waals surface area contributed by atoms with Gasteiger partial charge in [0.1, 0.15) is 0 Å². The molecule has 0 aromatic rings. The molecule has 0 radical (unpaired) electrons. The summed E-state index contributed by atoms with van der Waals surface area (Å²) in [6.45, 7) is 2.31. The summed E-state index contributed by atoms with van der Waals surface area (Å²) in [4.78, 5) is 23.1. The Balaban J connectivity index is 3.11. The van der Waals surface area contributed by atoms with Gasteiger partial charge in [-0.3, -0.25) is 9.69 Å². The van der Waals surface area contributed by atoms with Crippen molar-refractivity contribution in [3.63, 3.8) is 0 Å². The number of rotatable bonds is 0. The van der Waals surface area contributed by atoms with E-state index in [0.717, 1.165) is 18.7 Å². The fraction of sp³-hybridized carbons (Fsp3) is 0.714. The van der Waals surface area contributed by atoms with Crippen LogP contribution in [0.3, 0.4) is 0 Å². The van der Waals surface area contributed by atoms with Crippen LogP contribution in [0.1, 0.15) is 13.8 Å². The number of likely N-dealkylation sites (N-methyl/N-ethyl adjacent to an activating group) is 1. The van der Waals surface area contributed by atoms with Gasteiger partial charge in [-0.05, 0) is 13.8 Å². The van der Waals surface area contributed by atoms with Crippen molar-refractivity contribution in [1.82, 2.24) is 10.2 Å². The number of nitrogens with zero attached hydrogens (tertiary/aromatic N) is 1. The molecule has 0 spiro atoms. The molecule has 0 bridgehead atoms. The highest BCUT2D eigenvalue weighted by Crippen LogP contribution is 2.25. The average Bonchev–Trinajstić information content (AvgIpc) is 1.98. The van der Waals surface area contributed by atoms with Gasteiger partial charge in [0, 0.05) is 7.05 Å². The number of amides is 3. The maximum absolute atomic E-state index is 11.3. The van der Waals surface area contributed by atoms with Gasteiger partial charge < -0.3 is 15.5 Å². The summed E-state index contributed by atoms with van der Waals surface area (Å²) in [5, 5.41) is 21.2. The van der Waals surface area contributed by atoms with Crippen LogP contribution in [-0.4, -0.2) is 45.4 Å². The normalized spacial score (nSPS) is 40.5. The molecule has 6 heteroatoms. The quantitative estimate of drug-likeness (QED) is 0.437. The van der Waals surface area contributed by atoms with E-state index in [1.165, 1.54) is 7.05 Å².